The summed E-state index contributed by atoms with van der Waals surface area (Å²) in [6, 6.07) is 12.5. The molecule has 2 aromatic carbocycles. The number of pyridine rings is 1. The zero-order valence-corrected chi connectivity index (χ0v) is 20.0. The Bertz CT molecular complexity index is 1220. The molecule has 0 saturated heterocycles. The summed E-state index contributed by atoms with van der Waals surface area (Å²) in [5.41, 5.74) is 5.12. The number of benzene rings is 2. The molecule has 0 atom stereocenters. The highest BCUT2D eigenvalue weighted by atomic mass is 32.2. The lowest BCUT2D eigenvalue weighted by Gasteiger charge is -2.12. The van der Waals surface area contributed by atoms with Crippen molar-refractivity contribution in [2.24, 2.45) is 0 Å². The lowest BCUT2D eigenvalue weighted by atomic mass is 10.0. The second-order valence-electron chi connectivity index (χ2n) is 7.71. The molecule has 8 heteroatoms. The van der Waals surface area contributed by atoms with Crippen molar-refractivity contribution in [1.29, 1.82) is 0 Å². The molecule has 0 aliphatic heterocycles. The molecule has 0 bridgehead atoms. The van der Waals surface area contributed by atoms with Crippen molar-refractivity contribution in [3.63, 3.8) is 0 Å². The monoisotopic (exact) mass is 457 g/mol. The summed E-state index contributed by atoms with van der Waals surface area (Å²) < 4.78 is 25.4. The smallest absolute Gasteiger partial charge is 0.242 e. The fourth-order valence-corrected chi connectivity index (χ4v) is 5.10. The van der Waals surface area contributed by atoms with Crippen LogP contribution in [0, 0.1) is 20.8 Å². The van der Waals surface area contributed by atoms with Crippen LogP contribution in [0.1, 0.15) is 23.1 Å². The SMILES string of the molecule is Cc1cc(C)c2nc(SCCC(=O)Nc3ccc(S(=O)(=O)N(C)C)cc3)cc(C)c2c1. The van der Waals surface area contributed by atoms with Crippen LogP contribution >= 0.6 is 11.8 Å². The third-order valence-corrected chi connectivity index (χ3v) is 7.67. The van der Waals surface area contributed by atoms with E-state index in [0.29, 0.717) is 17.9 Å². The number of carbonyl (C=O) groups excluding carboxylic acids is 1. The van der Waals surface area contributed by atoms with Gasteiger partial charge in [0.25, 0.3) is 0 Å². The zero-order valence-electron chi connectivity index (χ0n) is 18.4. The summed E-state index contributed by atoms with van der Waals surface area (Å²) in [6.07, 6.45) is 0.327. The fourth-order valence-electron chi connectivity index (χ4n) is 3.28. The van der Waals surface area contributed by atoms with Gasteiger partial charge in [-0.25, -0.2) is 17.7 Å². The second-order valence-corrected chi connectivity index (χ2v) is 11.0. The number of aromatic nitrogens is 1. The van der Waals surface area contributed by atoms with Crippen molar-refractivity contribution in [3.05, 3.63) is 59.2 Å². The first-order valence-corrected chi connectivity index (χ1v) is 12.3. The molecule has 0 spiro atoms. The van der Waals surface area contributed by atoms with E-state index in [-0.39, 0.29) is 10.8 Å². The van der Waals surface area contributed by atoms with Gasteiger partial charge in [-0.05, 0) is 68.3 Å². The minimum atomic E-state index is -3.48. The van der Waals surface area contributed by atoms with Gasteiger partial charge in [0.15, 0.2) is 0 Å². The fraction of sp³-hybridized carbons (Fsp3) is 0.304. The van der Waals surface area contributed by atoms with E-state index in [1.165, 1.54) is 42.7 Å². The highest BCUT2D eigenvalue weighted by Crippen LogP contribution is 2.27. The van der Waals surface area contributed by atoms with E-state index in [0.717, 1.165) is 20.4 Å². The average Bonchev–Trinajstić information content (AvgIpc) is 2.69. The van der Waals surface area contributed by atoms with Gasteiger partial charge in [0.05, 0.1) is 15.4 Å². The first kappa shape index (κ1) is 23.2. The van der Waals surface area contributed by atoms with E-state index in [1.54, 1.807) is 23.9 Å². The summed E-state index contributed by atoms with van der Waals surface area (Å²) in [5.74, 6) is 0.474. The van der Waals surface area contributed by atoms with Crippen LogP contribution in [-0.4, -0.2) is 43.5 Å². The van der Waals surface area contributed by atoms with Crippen molar-refractivity contribution >= 4 is 44.3 Å². The quantitative estimate of drug-likeness (QED) is 0.527. The van der Waals surface area contributed by atoms with Gasteiger partial charge in [0.1, 0.15) is 0 Å². The Hall–Kier alpha value is -2.42. The number of amides is 1. The van der Waals surface area contributed by atoms with Crippen LogP contribution in [0.5, 0.6) is 0 Å². The topological polar surface area (TPSA) is 79.4 Å². The number of nitrogens with one attached hydrogen (secondary N) is 1. The molecule has 3 rings (SSSR count). The molecule has 1 N–H and O–H groups in total. The maximum absolute atomic E-state index is 12.3. The molecule has 1 heterocycles. The van der Waals surface area contributed by atoms with Gasteiger partial charge in [0.2, 0.25) is 15.9 Å². The highest BCUT2D eigenvalue weighted by molar-refractivity contribution is 7.99. The third kappa shape index (κ3) is 5.44. The number of fused-ring (bicyclic) bond motifs is 1. The standard InChI is InChI=1S/C23H27N3O3S2/c1-15-12-17(3)23-20(13-15)16(2)14-22(25-23)30-11-10-21(27)24-18-6-8-19(9-7-18)31(28,29)26(4)5/h6-9,12-14H,10-11H2,1-5H3,(H,24,27). The van der Waals surface area contributed by atoms with E-state index in [2.05, 4.69) is 44.3 Å². The molecule has 164 valence electrons. The van der Waals surface area contributed by atoms with E-state index in [1.807, 2.05) is 0 Å². The van der Waals surface area contributed by atoms with Gasteiger partial charge in [-0.2, -0.15) is 0 Å². The lowest BCUT2D eigenvalue weighted by molar-refractivity contribution is -0.115. The number of aryl methyl sites for hydroxylation is 3. The van der Waals surface area contributed by atoms with Crippen LogP contribution < -0.4 is 5.32 Å². The highest BCUT2D eigenvalue weighted by Gasteiger charge is 2.16. The van der Waals surface area contributed by atoms with Gasteiger partial charge in [-0.15, -0.1) is 11.8 Å². The molecule has 0 unspecified atom stereocenters. The summed E-state index contributed by atoms with van der Waals surface area (Å²) >= 11 is 1.55. The van der Waals surface area contributed by atoms with E-state index in [9.17, 15) is 13.2 Å². The Morgan fingerprint density at radius 1 is 1.03 bits per heavy atom. The molecule has 0 saturated carbocycles. The van der Waals surface area contributed by atoms with Crippen LogP contribution in [0.2, 0.25) is 0 Å². The zero-order chi connectivity index (χ0) is 22.8. The molecule has 0 aliphatic rings. The number of sulfonamides is 1. The van der Waals surface area contributed by atoms with Crippen molar-refractivity contribution in [1.82, 2.24) is 9.29 Å². The molecule has 3 aromatic rings. The Labute approximate surface area is 188 Å². The third-order valence-electron chi connectivity index (χ3n) is 4.93. The normalized spacial score (nSPS) is 11.8. The largest absolute Gasteiger partial charge is 0.326 e. The van der Waals surface area contributed by atoms with Gasteiger partial charge >= 0.3 is 0 Å². The molecule has 1 aromatic heterocycles. The summed E-state index contributed by atoms with van der Waals surface area (Å²) in [4.78, 5) is 17.3. The Morgan fingerprint density at radius 3 is 2.35 bits per heavy atom. The summed E-state index contributed by atoms with van der Waals surface area (Å²) in [6.45, 7) is 6.24. The molecule has 0 aliphatic carbocycles. The summed E-state index contributed by atoms with van der Waals surface area (Å²) in [7, 11) is -0.515. The van der Waals surface area contributed by atoms with Gasteiger partial charge in [-0.1, -0.05) is 11.6 Å². The number of nitrogens with zero attached hydrogens (tertiary/aromatic N) is 2. The van der Waals surface area contributed by atoms with E-state index >= 15 is 0 Å². The first-order chi connectivity index (χ1) is 14.6. The molecule has 1 amide bonds. The van der Waals surface area contributed by atoms with Crippen molar-refractivity contribution in [3.8, 4) is 0 Å². The Morgan fingerprint density at radius 2 is 1.71 bits per heavy atom. The average molecular weight is 458 g/mol. The van der Waals surface area contributed by atoms with Crippen LogP contribution in [0.3, 0.4) is 0 Å². The minimum absolute atomic E-state index is 0.125. The number of carbonyl (C=O) groups is 1. The van der Waals surface area contributed by atoms with Crippen molar-refractivity contribution in [2.75, 3.05) is 25.2 Å². The van der Waals surface area contributed by atoms with E-state index < -0.39 is 10.0 Å². The minimum Gasteiger partial charge on any atom is -0.326 e. The maximum Gasteiger partial charge on any atom is 0.242 e. The van der Waals surface area contributed by atoms with Crippen LogP contribution in [0.25, 0.3) is 10.9 Å². The van der Waals surface area contributed by atoms with Gasteiger partial charge in [-0.3, -0.25) is 4.79 Å². The second kappa shape index (κ2) is 9.38. The van der Waals surface area contributed by atoms with Gasteiger partial charge < -0.3 is 5.32 Å². The molecular weight excluding hydrogens is 430 g/mol. The molecule has 31 heavy (non-hydrogen) atoms. The predicted molar refractivity (Wildman–Crippen MR) is 127 cm³/mol. The number of hydrogen-bond acceptors (Lipinski definition) is 5. The molecule has 0 fully saturated rings. The van der Waals surface area contributed by atoms with Crippen LogP contribution in [0.4, 0.5) is 5.69 Å². The first-order valence-electron chi connectivity index (χ1n) is 9.92. The van der Waals surface area contributed by atoms with Crippen molar-refractivity contribution < 1.29 is 13.2 Å². The summed E-state index contributed by atoms with van der Waals surface area (Å²) in [5, 5.41) is 4.88. The number of anilines is 1. The molecule has 0 radical (unpaired) electrons. The Balaban J connectivity index is 1.59. The molecule has 6 nitrogen and oxygen atoms in total. The van der Waals surface area contributed by atoms with Gasteiger partial charge in [0, 0.05) is 37.3 Å². The number of thioether (sulfide) groups is 1. The predicted octanol–water partition coefficient (Wildman–Crippen LogP) is 4.53. The van der Waals surface area contributed by atoms with E-state index in [4.69, 9.17) is 4.98 Å². The number of hydrogen-bond donors (Lipinski definition) is 1. The lowest BCUT2D eigenvalue weighted by Crippen LogP contribution is -2.22. The maximum atomic E-state index is 12.3. The molecular formula is C23H27N3O3S2. The van der Waals surface area contributed by atoms with Crippen LogP contribution in [0.15, 0.2) is 52.4 Å². The van der Waals surface area contributed by atoms with Crippen LogP contribution in [-0.2, 0) is 14.8 Å². The Kier molecular flexibility index (Phi) is 7.03. The van der Waals surface area contributed by atoms with Crippen molar-refractivity contribution in [2.45, 2.75) is 37.1 Å². The number of rotatable bonds is 7.